The van der Waals surface area contributed by atoms with Gasteiger partial charge in [-0.2, -0.15) is 0 Å². The number of likely N-dealkylation sites (tertiary alicyclic amines) is 1. The van der Waals surface area contributed by atoms with E-state index in [1.165, 1.54) is 4.90 Å². The van der Waals surface area contributed by atoms with Gasteiger partial charge in [0, 0.05) is 12.1 Å². The number of nitrogens with zero attached hydrogens (tertiary/aromatic N) is 1. The summed E-state index contributed by atoms with van der Waals surface area (Å²) in [4.78, 5) is 27.9. The second-order valence-corrected chi connectivity index (χ2v) is 8.97. The molecule has 190 valence electrons. The molecule has 1 unspecified atom stereocenters. The number of ketones is 1. The number of carbonyl (C=O) groups is 2. The lowest BCUT2D eigenvalue weighted by molar-refractivity contribution is -0.140. The van der Waals surface area contributed by atoms with E-state index in [1.54, 1.807) is 42.5 Å². The fraction of sp³-hybridized carbons (Fsp3) is 0.241. The van der Waals surface area contributed by atoms with Crippen molar-refractivity contribution in [2.24, 2.45) is 0 Å². The van der Waals surface area contributed by atoms with Gasteiger partial charge in [-0.05, 0) is 61.9 Å². The maximum absolute atomic E-state index is 13.3. The molecule has 1 atom stereocenters. The quantitative estimate of drug-likeness (QED) is 0.262. The molecule has 2 aliphatic rings. The van der Waals surface area contributed by atoms with Crippen LogP contribution in [0.25, 0.3) is 5.76 Å². The maximum atomic E-state index is 13.3. The molecule has 3 aromatic carbocycles. The first-order valence-electron chi connectivity index (χ1n) is 12.1. The number of Topliss-reactive ketones (excluding diaryl/α,β-unsaturated/α-hetero) is 1. The Kier molecular flexibility index (Phi) is 6.83. The van der Waals surface area contributed by atoms with E-state index in [9.17, 15) is 14.7 Å². The molecule has 1 saturated heterocycles. The summed E-state index contributed by atoms with van der Waals surface area (Å²) in [7, 11) is 0. The van der Waals surface area contributed by atoms with Gasteiger partial charge in [0.05, 0.1) is 24.3 Å². The highest BCUT2D eigenvalue weighted by Crippen LogP contribution is 2.42. The van der Waals surface area contributed by atoms with Crippen LogP contribution in [0.2, 0.25) is 0 Å². The maximum Gasteiger partial charge on any atom is 0.295 e. The van der Waals surface area contributed by atoms with Crippen LogP contribution in [0.3, 0.4) is 0 Å². The van der Waals surface area contributed by atoms with E-state index in [4.69, 9.17) is 18.9 Å². The van der Waals surface area contributed by atoms with Crippen molar-refractivity contribution >= 4 is 17.4 Å². The summed E-state index contributed by atoms with van der Waals surface area (Å²) < 4.78 is 22.4. The number of aliphatic hydroxyl groups is 1. The van der Waals surface area contributed by atoms with Crippen LogP contribution in [-0.2, 0) is 14.3 Å². The van der Waals surface area contributed by atoms with Crippen LogP contribution in [0, 0.1) is 0 Å². The normalized spacial score (nSPS) is 18.0. The Morgan fingerprint density at radius 3 is 2.51 bits per heavy atom. The number of benzene rings is 3. The molecule has 2 heterocycles. The molecule has 0 saturated carbocycles. The van der Waals surface area contributed by atoms with Crippen molar-refractivity contribution in [3.05, 3.63) is 89.5 Å². The highest BCUT2D eigenvalue weighted by Gasteiger charge is 2.46. The predicted molar refractivity (Wildman–Crippen MR) is 136 cm³/mol. The van der Waals surface area contributed by atoms with Crippen molar-refractivity contribution in [3.63, 3.8) is 0 Å². The van der Waals surface area contributed by atoms with Crippen LogP contribution in [-0.4, -0.2) is 47.7 Å². The SMILES string of the molecule is CC(C)OCCN1C(=O)C(=O)/C(=C(\O)c2ccc3c(c2)OCO3)C1c1cccc(Oc2ccccc2)c1. The first-order chi connectivity index (χ1) is 17.9. The minimum atomic E-state index is -0.833. The fourth-order valence-corrected chi connectivity index (χ4v) is 4.42. The summed E-state index contributed by atoms with van der Waals surface area (Å²) >= 11 is 0. The summed E-state index contributed by atoms with van der Waals surface area (Å²) in [5.74, 6) is 0.440. The predicted octanol–water partition coefficient (Wildman–Crippen LogP) is 5.05. The highest BCUT2D eigenvalue weighted by molar-refractivity contribution is 6.46. The molecular formula is C29H27NO7. The van der Waals surface area contributed by atoms with Gasteiger partial charge in [-0.1, -0.05) is 30.3 Å². The molecule has 1 amide bonds. The summed E-state index contributed by atoms with van der Waals surface area (Å²) in [5, 5.41) is 11.3. The lowest BCUT2D eigenvalue weighted by atomic mass is 9.95. The third kappa shape index (κ3) is 5.01. The van der Waals surface area contributed by atoms with Gasteiger partial charge in [-0.25, -0.2) is 0 Å². The van der Waals surface area contributed by atoms with Crippen molar-refractivity contribution in [2.75, 3.05) is 19.9 Å². The molecule has 0 spiro atoms. The lowest BCUT2D eigenvalue weighted by Crippen LogP contribution is -2.33. The first-order valence-corrected chi connectivity index (χ1v) is 12.1. The lowest BCUT2D eigenvalue weighted by Gasteiger charge is -2.26. The van der Waals surface area contributed by atoms with Crippen LogP contribution in [0.4, 0.5) is 0 Å². The summed E-state index contributed by atoms with van der Waals surface area (Å²) in [6.07, 6.45) is -0.0356. The van der Waals surface area contributed by atoms with Gasteiger partial charge in [0.25, 0.3) is 11.7 Å². The van der Waals surface area contributed by atoms with Crippen LogP contribution in [0.1, 0.15) is 31.0 Å². The van der Waals surface area contributed by atoms with Crippen LogP contribution >= 0.6 is 0 Å². The monoisotopic (exact) mass is 501 g/mol. The molecule has 8 nitrogen and oxygen atoms in total. The zero-order valence-corrected chi connectivity index (χ0v) is 20.5. The van der Waals surface area contributed by atoms with Gasteiger partial charge >= 0.3 is 0 Å². The minimum Gasteiger partial charge on any atom is -0.507 e. The standard InChI is InChI=1S/C29H27NO7/c1-18(2)34-14-13-30-26(19-7-6-10-22(15-19)37-21-8-4-3-5-9-21)25(28(32)29(30)33)27(31)20-11-12-23-24(16-20)36-17-35-23/h3-12,15-16,18,26,31H,13-14,17H2,1-2H3/b27-25-. The number of rotatable bonds is 8. The van der Waals surface area contributed by atoms with Crippen molar-refractivity contribution in [1.82, 2.24) is 4.90 Å². The molecule has 0 aliphatic carbocycles. The van der Waals surface area contributed by atoms with E-state index in [0.717, 1.165) is 0 Å². The third-order valence-corrected chi connectivity index (χ3v) is 6.12. The number of hydrogen-bond donors (Lipinski definition) is 1. The van der Waals surface area contributed by atoms with Crippen molar-refractivity contribution in [1.29, 1.82) is 0 Å². The van der Waals surface area contributed by atoms with E-state index in [1.807, 2.05) is 44.2 Å². The van der Waals surface area contributed by atoms with E-state index in [-0.39, 0.29) is 37.4 Å². The zero-order chi connectivity index (χ0) is 25.9. The Morgan fingerprint density at radius 2 is 1.73 bits per heavy atom. The Hall–Kier alpha value is -4.30. The van der Waals surface area contributed by atoms with Gasteiger partial charge in [0.1, 0.15) is 17.3 Å². The topological polar surface area (TPSA) is 94.5 Å². The number of aliphatic hydroxyl groups excluding tert-OH is 1. The molecule has 0 aromatic heterocycles. The zero-order valence-electron chi connectivity index (χ0n) is 20.5. The van der Waals surface area contributed by atoms with E-state index in [0.29, 0.717) is 34.1 Å². The van der Waals surface area contributed by atoms with Crippen LogP contribution in [0.15, 0.2) is 78.4 Å². The molecule has 5 rings (SSSR count). The number of amides is 1. The molecule has 3 aromatic rings. The minimum absolute atomic E-state index is 0.00901. The Morgan fingerprint density at radius 1 is 0.973 bits per heavy atom. The third-order valence-electron chi connectivity index (χ3n) is 6.12. The number of ether oxygens (including phenoxy) is 4. The van der Waals surface area contributed by atoms with Crippen LogP contribution in [0.5, 0.6) is 23.0 Å². The molecule has 8 heteroatoms. The van der Waals surface area contributed by atoms with Gasteiger partial charge in [-0.3, -0.25) is 9.59 Å². The largest absolute Gasteiger partial charge is 0.507 e. The smallest absolute Gasteiger partial charge is 0.295 e. The molecule has 1 N–H and O–H groups in total. The number of fused-ring (bicyclic) bond motifs is 1. The molecule has 37 heavy (non-hydrogen) atoms. The Bertz CT molecular complexity index is 1350. The van der Waals surface area contributed by atoms with Crippen LogP contribution < -0.4 is 14.2 Å². The van der Waals surface area contributed by atoms with Gasteiger partial charge in [0.15, 0.2) is 11.5 Å². The summed E-state index contributed by atoms with van der Waals surface area (Å²) in [6, 6.07) is 20.5. The van der Waals surface area contributed by atoms with Crippen molar-refractivity contribution in [3.8, 4) is 23.0 Å². The van der Waals surface area contributed by atoms with E-state index in [2.05, 4.69) is 0 Å². The highest BCUT2D eigenvalue weighted by atomic mass is 16.7. The summed E-state index contributed by atoms with van der Waals surface area (Å²) in [5.41, 5.74) is 0.965. The van der Waals surface area contributed by atoms with Crippen molar-refractivity contribution in [2.45, 2.75) is 26.0 Å². The number of carbonyl (C=O) groups excluding carboxylic acids is 2. The Labute approximate surface area is 214 Å². The fourth-order valence-electron chi connectivity index (χ4n) is 4.42. The van der Waals surface area contributed by atoms with Gasteiger partial charge in [0.2, 0.25) is 6.79 Å². The molecule has 0 bridgehead atoms. The molecular weight excluding hydrogens is 474 g/mol. The first kappa shape index (κ1) is 24.4. The number of hydrogen-bond acceptors (Lipinski definition) is 7. The van der Waals surface area contributed by atoms with Gasteiger partial charge in [-0.15, -0.1) is 0 Å². The Balaban J connectivity index is 1.56. The van der Waals surface area contributed by atoms with Gasteiger partial charge < -0.3 is 29.0 Å². The second-order valence-electron chi connectivity index (χ2n) is 8.97. The average Bonchev–Trinajstić information content (AvgIpc) is 3.46. The van der Waals surface area contributed by atoms with Crippen molar-refractivity contribution < 1.29 is 33.6 Å². The summed E-state index contributed by atoms with van der Waals surface area (Å²) in [6.45, 7) is 4.29. The van der Waals surface area contributed by atoms with E-state index < -0.39 is 17.7 Å². The molecule has 2 aliphatic heterocycles. The number of para-hydroxylation sites is 1. The second kappa shape index (κ2) is 10.4. The molecule has 1 fully saturated rings. The molecule has 0 radical (unpaired) electrons. The average molecular weight is 502 g/mol. The van der Waals surface area contributed by atoms with E-state index >= 15 is 0 Å².